The van der Waals surface area contributed by atoms with Crippen molar-refractivity contribution in [2.45, 2.75) is 13.8 Å². The molecule has 1 aromatic rings. The van der Waals surface area contributed by atoms with Crippen LogP contribution in [-0.2, 0) is 0 Å². The molecule has 0 fully saturated rings. The van der Waals surface area contributed by atoms with E-state index in [-0.39, 0.29) is 0 Å². The van der Waals surface area contributed by atoms with E-state index in [0.717, 1.165) is 43.5 Å². The van der Waals surface area contributed by atoms with E-state index < -0.39 is 0 Å². The van der Waals surface area contributed by atoms with Crippen molar-refractivity contribution >= 4 is 11.6 Å². The van der Waals surface area contributed by atoms with Crippen LogP contribution in [0.15, 0.2) is 24.3 Å². The van der Waals surface area contributed by atoms with Gasteiger partial charge in [0.25, 0.3) is 0 Å². The third-order valence-electron chi connectivity index (χ3n) is 2.86. The summed E-state index contributed by atoms with van der Waals surface area (Å²) in [5.41, 5.74) is 0. The second-order valence-corrected chi connectivity index (χ2v) is 4.52. The fraction of sp³-hybridized carbons (Fsp3) is 0.571. The molecule has 0 amide bonds. The smallest absolute Gasteiger partial charge is 0.119 e. The van der Waals surface area contributed by atoms with Crippen LogP contribution in [0.3, 0.4) is 0 Å². The fourth-order valence-electron chi connectivity index (χ4n) is 1.67. The van der Waals surface area contributed by atoms with E-state index in [1.807, 2.05) is 24.3 Å². The Kier molecular flexibility index (Phi) is 7.81. The third kappa shape index (κ3) is 6.24. The van der Waals surface area contributed by atoms with Crippen molar-refractivity contribution < 1.29 is 4.74 Å². The minimum Gasteiger partial charge on any atom is -0.492 e. The molecule has 0 atom stereocenters. The predicted molar refractivity (Wildman–Crippen MR) is 77.6 cm³/mol. The lowest BCUT2D eigenvalue weighted by Crippen LogP contribution is -2.33. The molecule has 0 aliphatic carbocycles. The molecule has 18 heavy (non-hydrogen) atoms. The van der Waals surface area contributed by atoms with Crippen molar-refractivity contribution in [3.63, 3.8) is 0 Å². The van der Waals surface area contributed by atoms with Gasteiger partial charge in [0.15, 0.2) is 0 Å². The van der Waals surface area contributed by atoms with Crippen LogP contribution in [0.4, 0.5) is 0 Å². The summed E-state index contributed by atoms with van der Waals surface area (Å²) in [7, 11) is 0. The van der Waals surface area contributed by atoms with Crippen LogP contribution in [0.2, 0.25) is 5.02 Å². The molecule has 0 aliphatic rings. The minimum atomic E-state index is 0.680. The highest BCUT2D eigenvalue weighted by Crippen LogP contribution is 2.14. The second-order valence-electron chi connectivity index (χ2n) is 4.08. The lowest BCUT2D eigenvalue weighted by atomic mass is 10.3. The number of likely N-dealkylation sites (N-methyl/N-ethyl adjacent to an activating group) is 1. The Morgan fingerprint density at radius 1 is 1.11 bits per heavy atom. The molecule has 0 spiro atoms. The summed E-state index contributed by atoms with van der Waals surface area (Å²) < 4.78 is 5.59. The summed E-state index contributed by atoms with van der Waals surface area (Å²) in [6, 6.07) is 7.45. The number of nitrogens with zero attached hydrogens (tertiary/aromatic N) is 1. The predicted octanol–water partition coefficient (Wildman–Crippen LogP) is 2.65. The summed E-state index contributed by atoms with van der Waals surface area (Å²) in [5, 5.41) is 4.11. The molecule has 4 heteroatoms. The first kappa shape index (κ1) is 15.3. The Balaban J connectivity index is 2.03. The molecule has 0 saturated carbocycles. The molecular formula is C14H23ClN2O. The van der Waals surface area contributed by atoms with Gasteiger partial charge in [0.05, 0.1) is 0 Å². The topological polar surface area (TPSA) is 24.5 Å². The molecule has 0 radical (unpaired) electrons. The van der Waals surface area contributed by atoms with Crippen LogP contribution in [0.25, 0.3) is 0 Å². The van der Waals surface area contributed by atoms with Gasteiger partial charge in [-0.25, -0.2) is 0 Å². The van der Waals surface area contributed by atoms with Crippen LogP contribution in [0.5, 0.6) is 5.75 Å². The van der Waals surface area contributed by atoms with Gasteiger partial charge in [-0.05, 0) is 37.4 Å². The van der Waals surface area contributed by atoms with Crippen molar-refractivity contribution in [3.8, 4) is 5.75 Å². The molecule has 0 aromatic heterocycles. The van der Waals surface area contributed by atoms with Crippen LogP contribution >= 0.6 is 11.6 Å². The molecule has 1 aromatic carbocycles. The van der Waals surface area contributed by atoms with E-state index in [1.165, 1.54) is 0 Å². The van der Waals surface area contributed by atoms with Gasteiger partial charge in [-0.2, -0.15) is 0 Å². The molecule has 0 heterocycles. The molecule has 3 nitrogen and oxygen atoms in total. The standard InChI is InChI=1S/C14H23ClN2O/c1-3-17(4-2)11-9-16-10-12-18-14-7-5-13(15)6-8-14/h5-8,16H,3-4,9-12H2,1-2H3. The Hall–Kier alpha value is -0.770. The number of hydrogen-bond donors (Lipinski definition) is 1. The number of halogens is 1. The summed E-state index contributed by atoms with van der Waals surface area (Å²) in [6.45, 7) is 10.2. The minimum absolute atomic E-state index is 0.680. The Morgan fingerprint density at radius 3 is 2.39 bits per heavy atom. The third-order valence-corrected chi connectivity index (χ3v) is 3.11. The van der Waals surface area contributed by atoms with Gasteiger partial charge < -0.3 is 15.0 Å². The summed E-state index contributed by atoms with van der Waals surface area (Å²) in [6.07, 6.45) is 0. The molecule has 1 rings (SSSR count). The number of nitrogens with one attached hydrogen (secondary N) is 1. The molecule has 0 aliphatic heterocycles. The molecule has 0 unspecified atom stereocenters. The highest BCUT2D eigenvalue weighted by atomic mass is 35.5. The summed E-state index contributed by atoms with van der Waals surface area (Å²) in [4.78, 5) is 2.40. The zero-order valence-corrected chi connectivity index (χ0v) is 12.0. The van der Waals surface area contributed by atoms with Gasteiger partial charge in [0.2, 0.25) is 0 Å². The first-order chi connectivity index (χ1) is 8.76. The lowest BCUT2D eigenvalue weighted by molar-refractivity contribution is 0.285. The number of rotatable bonds is 9. The summed E-state index contributed by atoms with van der Waals surface area (Å²) in [5.74, 6) is 0.866. The van der Waals surface area contributed by atoms with E-state index in [4.69, 9.17) is 16.3 Å². The molecular weight excluding hydrogens is 248 g/mol. The van der Waals surface area contributed by atoms with Gasteiger partial charge in [-0.3, -0.25) is 0 Å². The highest BCUT2D eigenvalue weighted by molar-refractivity contribution is 6.30. The summed E-state index contributed by atoms with van der Waals surface area (Å²) >= 11 is 5.80. The number of hydrogen-bond acceptors (Lipinski definition) is 3. The van der Waals surface area contributed by atoms with Gasteiger partial charge in [-0.15, -0.1) is 0 Å². The zero-order valence-electron chi connectivity index (χ0n) is 11.3. The normalized spacial score (nSPS) is 10.9. The van der Waals surface area contributed by atoms with Crippen molar-refractivity contribution in [1.82, 2.24) is 10.2 Å². The number of ether oxygens (including phenoxy) is 1. The molecule has 0 bridgehead atoms. The van der Waals surface area contributed by atoms with Crippen LogP contribution < -0.4 is 10.1 Å². The lowest BCUT2D eigenvalue weighted by Gasteiger charge is -2.18. The van der Waals surface area contributed by atoms with E-state index in [9.17, 15) is 0 Å². The second kappa shape index (κ2) is 9.20. The first-order valence-electron chi connectivity index (χ1n) is 6.57. The fourth-order valence-corrected chi connectivity index (χ4v) is 1.80. The average Bonchev–Trinajstić information content (AvgIpc) is 2.40. The highest BCUT2D eigenvalue weighted by Gasteiger charge is 1.97. The average molecular weight is 271 g/mol. The first-order valence-corrected chi connectivity index (χ1v) is 6.95. The molecule has 1 N–H and O–H groups in total. The maximum absolute atomic E-state index is 5.80. The zero-order chi connectivity index (χ0) is 13.2. The monoisotopic (exact) mass is 270 g/mol. The largest absolute Gasteiger partial charge is 0.492 e. The maximum Gasteiger partial charge on any atom is 0.119 e. The van der Waals surface area contributed by atoms with E-state index in [2.05, 4.69) is 24.1 Å². The van der Waals surface area contributed by atoms with E-state index >= 15 is 0 Å². The Morgan fingerprint density at radius 2 is 1.78 bits per heavy atom. The Bertz CT molecular complexity index is 312. The quantitative estimate of drug-likeness (QED) is 0.698. The van der Waals surface area contributed by atoms with Crippen molar-refractivity contribution in [2.75, 3.05) is 39.3 Å². The van der Waals surface area contributed by atoms with Gasteiger partial charge in [0, 0.05) is 24.7 Å². The maximum atomic E-state index is 5.80. The van der Waals surface area contributed by atoms with Gasteiger partial charge >= 0.3 is 0 Å². The van der Waals surface area contributed by atoms with Crippen LogP contribution in [0.1, 0.15) is 13.8 Å². The van der Waals surface area contributed by atoms with Crippen molar-refractivity contribution in [2.24, 2.45) is 0 Å². The van der Waals surface area contributed by atoms with E-state index in [0.29, 0.717) is 6.61 Å². The molecule has 102 valence electrons. The number of benzene rings is 1. The van der Waals surface area contributed by atoms with E-state index in [1.54, 1.807) is 0 Å². The van der Waals surface area contributed by atoms with Crippen molar-refractivity contribution in [1.29, 1.82) is 0 Å². The van der Waals surface area contributed by atoms with Gasteiger partial charge in [0.1, 0.15) is 12.4 Å². The van der Waals surface area contributed by atoms with Crippen LogP contribution in [0, 0.1) is 0 Å². The van der Waals surface area contributed by atoms with Gasteiger partial charge in [-0.1, -0.05) is 25.4 Å². The SMILES string of the molecule is CCN(CC)CCNCCOc1ccc(Cl)cc1. The molecule has 0 saturated heterocycles. The van der Waals surface area contributed by atoms with Crippen LogP contribution in [-0.4, -0.2) is 44.2 Å². The Labute approximate surface area is 115 Å². The van der Waals surface area contributed by atoms with Crippen molar-refractivity contribution in [3.05, 3.63) is 29.3 Å².